The van der Waals surface area contributed by atoms with Crippen molar-refractivity contribution < 1.29 is 9.53 Å². The predicted octanol–water partition coefficient (Wildman–Crippen LogP) is 1.91. The van der Waals surface area contributed by atoms with Crippen molar-refractivity contribution in [1.82, 2.24) is 30.5 Å². The van der Waals surface area contributed by atoms with Crippen LogP contribution in [0.5, 0.6) is 0 Å². The molecule has 1 aliphatic rings. The van der Waals surface area contributed by atoms with Crippen LogP contribution in [0.3, 0.4) is 0 Å². The molecule has 3 aromatic rings. The summed E-state index contributed by atoms with van der Waals surface area (Å²) >= 11 is 1.45. The van der Waals surface area contributed by atoms with E-state index in [0.717, 1.165) is 35.0 Å². The molecule has 1 amide bonds. The third-order valence-corrected chi connectivity index (χ3v) is 5.05. The first kappa shape index (κ1) is 16.8. The first-order valence-electron chi connectivity index (χ1n) is 8.45. The lowest BCUT2D eigenvalue weighted by Crippen LogP contribution is -2.23. The summed E-state index contributed by atoms with van der Waals surface area (Å²) in [5, 5.41) is 20.6. The number of amides is 1. The van der Waals surface area contributed by atoms with E-state index in [2.05, 4.69) is 25.8 Å². The Labute approximate surface area is 154 Å². The molecule has 1 aromatic carbocycles. The molecule has 1 aliphatic heterocycles. The molecule has 134 valence electrons. The lowest BCUT2D eigenvalue weighted by Gasteiger charge is -2.07. The zero-order valence-corrected chi connectivity index (χ0v) is 14.9. The van der Waals surface area contributed by atoms with Crippen LogP contribution in [0.1, 0.15) is 28.3 Å². The Morgan fingerprint density at radius 1 is 1.27 bits per heavy atom. The van der Waals surface area contributed by atoms with Crippen molar-refractivity contribution in [1.29, 1.82) is 0 Å². The average molecular weight is 370 g/mol. The van der Waals surface area contributed by atoms with Crippen molar-refractivity contribution in [2.75, 3.05) is 6.61 Å². The molecule has 0 bridgehead atoms. The second kappa shape index (κ2) is 7.71. The SMILES string of the molecule is O=C(NCc1nnc(-c2ccccc2)s1)c1cn(C[C@H]2CCCO2)nn1. The van der Waals surface area contributed by atoms with E-state index >= 15 is 0 Å². The molecule has 1 fully saturated rings. The van der Waals surface area contributed by atoms with Crippen LogP contribution >= 0.6 is 11.3 Å². The van der Waals surface area contributed by atoms with Gasteiger partial charge in [0.25, 0.3) is 5.91 Å². The van der Waals surface area contributed by atoms with Gasteiger partial charge < -0.3 is 10.1 Å². The number of aromatic nitrogens is 5. The van der Waals surface area contributed by atoms with Crippen LogP contribution in [0.4, 0.5) is 0 Å². The van der Waals surface area contributed by atoms with Crippen molar-refractivity contribution in [2.45, 2.75) is 32.0 Å². The highest BCUT2D eigenvalue weighted by atomic mass is 32.1. The molecular formula is C17H18N6O2S. The molecule has 3 heterocycles. The minimum absolute atomic E-state index is 0.158. The van der Waals surface area contributed by atoms with Gasteiger partial charge in [0, 0.05) is 12.2 Å². The largest absolute Gasteiger partial charge is 0.376 e. The van der Waals surface area contributed by atoms with E-state index in [9.17, 15) is 4.79 Å². The molecule has 1 atom stereocenters. The summed E-state index contributed by atoms with van der Waals surface area (Å²) in [6, 6.07) is 9.83. The van der Waals surface area contributed by atoms with E-state index in [4.69, 9.17) is 4.74 Å². The zero-order chi connectivity index (χ0) is 17.8. The quantitative estimate of drug-likeness (QED) is 0.712. The number of rotatable bonds is 6. The Balaban J connectivity index is 1.32. The Hall–Kier alpha value is -2.65. The van der Waals surface area contributed by atoms with E-state index in [1.54, 1.807) is 10.9 Å². The van der Waals surface area contributed by atoms with Crippen LogP contribution in [0.2, 0.25) is 0 Å². The molecule has 26 heavy (non-hydrogen) atoms. The van der Waals surface area contributed by atoms with Crippen LogP contribution in [0, 0.1) is 0 Å². The lowest BCUT2D eigenvalue weighted by molar-refractivity contribution is 0.0929. The van der Waals surface area contributed by atoms with Crippen molar-refractivity contribution in [3.05, 3.63) is 47.2 Å². The fraction of sp³-hybridized carbons (Fsp3) is 0.353. The van der Waals surface area contributed by atoms with Gasteiger partial charge in [-0.1, -0.05) is 46.9 Å². The van der Waals surface area contributed by atoms with Crippen LogP contribution < -0.4 is 5.32 Å². The van der Waals surface area contributed by atoms with Gasteiger partial charge in [0.1, 0.15) is 10.0 Å². The van der Waals surface area contributed by atoms with E-state index in [0.29, 0.717) is 13.1 Å². The number of ether oxygens (including phenoxy) is 1. The highest BCUT2D eigenvalue weighted by Gasteiger charge is 2.18. The average Bonchev–Trinajstić information content (AvgIpc) is 3.43. The maximum atomic E-state index is 12.2. The molecule has 0 radical (unpaired) electrons. The first-order chi connectivity index (χ1) is 12.8. The van der Waals surface area contributed by atoms with Gasteiger partial charge >= 0.3 is 0 Å². The monoisotopic (exact) mass is 370 g/mol. The summed E-state index contributed by atoms with van der Waals surface area (Å²) in [4.78, 5) is 12.2. The van der Waals surface area contributed by atoms with Gasteiger partial charge in [-0.25, -0.2) is 4.68 Å². The number of nitrogens with zero attached hydrogens (tertiary/aromatic N) is 5. The van der Waals surface area contributed by atoms with E-state index in [1.807, 2.05) is 30.3 Å². The molecule has 1 N–H and O–H groups in total. The van der Waals surface area contributed by atoms with Gasteiger partial charge in [0.2, 0.25) is 0 Å². The van der Waals surface area contributed by atoms with Gasteiger partial charge in [0.15, 0.2) is 5.69 Å². The normalized spacial score (nSPS) is 16.7. The van der Waals surface area contributed by atoms with Crippen LogP contribution in [0.15, 0.2) is 36.5 Å². The minimum Gasteiger partial charge on any atom is -0.376 e. The maximum absolute atomic E-state index is 12.2. The van der Waals surface area contributed by atoms with Crippen molar-refractivity contribution in [2.24, 2.45) is 0 Å². The smallest absolute Gasteiger partial charge is 0.273 e. The Bertz CT molecular complexity index is 872. The number of carbonyl (C=O) groups excluding carboxylic acids is 1. The maximum Gasteiger partial charge on any atom is 0.273 e. The molecule has 0 spiro atoms. The number of benzene rings is 1. The third kappa shape index (κ3) is 3.94. The highest BCUT2D eigenvalue weighted by Crippen LogP contribution is 2.22. The van der Waals surface area contributed by atoms with Crippen molar-refractivity contribution in [3.63, 3.8) is 0 Å². The summed E-state index contributed by atoms with van der Waals surface area (Å²) in [5.74, 6) is -0.278. The fourth-order valence-corrected chi connectivity index (χ4v) is 3.54. The Kier molecular flexibility index (Phi) is 4.98. The zero-order valence-electron chi connectivity index (χ0n) is 14.0. The van der Waals surface area contributed by atoms with Crippen LogP contribution in [-0.4, -0.2) is 43.8 Å². The van der Waals surface area contributed by atoms with Gasteiger partial charge in [-0.05, 0) is 12.8 Å². The van der Waals surface area contributed by atoms with E-state index in [1.165, 1.54) is 11.3 Å². The fourth-order valence-electron chi connectivity index (χ4n) is 2.76. The van der Waals surface area contributed by atoms with Gasteiger partial charge in [-0.3, -0.25) is 4.79 Å². The molecule has 0 unspecified atom stereocenters. The first-order valence-corrected chi connectivity index (χ1v) is 9.27. The molecule has 1 saturated heterocycles. The molecule has 0 saturated carbocycles. The van der Waals surface area contributed by atoms with E-state index in [-0.39, 0.29) is 17.7 Å². The summed E-state index contributed by atoms with van der Waals surface area (Å²) in [6.45, 7) is 1.72. The molecule has 2 aromatic heterocycles. The molecular weight excluding hydrogens is 352 g/mol. The van der Waals surface area contributed by atoms with Gasteiger partial charge in [-0.2, -0.15) is 0 Å². The summed E-state index contributed by atoms with van der Waals surface area (Å²) in [7, 11) is 0. The Morgan fingerprint density at radius 2 is 2.15 bits per heavy atom. The molecule has 0 aliphatic carbocycles. The minimum atomic E-state index is -0.278. The summed E-state index contributed by atoms with van der Waals surface area (Å²) < 4.78 is 7.22. The van der Waals surface area contributed by atoms with Crippen LogP contribution in [0.25, 0.3) is 10.6 Å². The van der Waals surface area contributed by atoms with Crippen molar-refractivity contribution >= 4 is 17.2 Å². The van der Waals surface area contributed by atoms with Crippen molar-refractivity contribution in [3.8, 4) is 10.6 Å². The lowest BCUT2D eigenvalue weighted by atomic mass is 10.2. The number of hydrogen-bond donors (Lipinski definition) is 1. The second-order valence-electron chi connectivity index (χ2n) is 6.01. The van der Waals surface area contributed by atoms with Gasteiger partial charge in [0.05, 0.1) is 25.4 Å². The number of carbonyl (C=O) groups is 1. The topological polar surface area (TPSA) is 94.8 Å². The summed E-state index contributed by atoms with van der Waals surface area (Å²) in [5.41, 5.74) is 1.30. The van der Waals surface area contributed by atoms with E-state index < -0.39 is 0 Å². The Morgan fingerprint density at radius 3 is 2.96 bits per heavy atom. The molecule has 9 heteroatoms. The predicted molar refractivity (Wildman–Crippen MR) is 95.5 cm³/mol. The highest BCUT2D eigenvalue weighted by molar-refractivity contribution is 7.14. The molecule has 8 nitrogen and oxygen atoms in total. The second-order valence-corrected chi connectivity index (χ2v) is 7.07. The number of nitrogens with one attached hydrogen (secondary N) is 1. The molecule has 4 rings (SSSR count). The van der Waals surface area contributed by atoms with Crippen LogP contribution in [-0.2, 0) is 17.8 Å². The summed E-state index contributed by atoms with van der Waals surface area (Å²) in [6.07, 6.45) is 3.89. The standard InChI is InChI=1S/C17H18N6O2S/c24-16(14-11-23(22-19-14)10-13-7-4-8-25-13)18-9-15-20-21-17(26-15)12-5-2-1-3-6-12/h1-3,5-6,11,13H,4,7-10H2,(H,18,24)/t13-/m1/s1. The van der Waals surface area contributed by atoms with Gasteiger partial charge in [-0.15, -0.1) is 15.3 Å². The number of hydrogen-bond acceptors (Lipinski definition) is 7. The third-order valence-electron chi connectivity index (χ3n) is 4.07.